The zero-order chi connectivity index (χ0) is 13.5. The van der Waals surface area contributed by atoms with Gasteiger partial charge in [-0.2, -0.15) is 0 Å². The van der Waals surface area contributed by atoms with Crippen LogP contribution in [0.25, 0.3) is 0 Å². The van der Waals surface area contributed by atoms with Gasteiger partial charge in [-0.3, -0.25) is 9.59 Å². The van der Waals surface area contributed by atoms with Crippen LogP contribution in [0.4, 0.5) is 5.69 Å². The van der Waals surface area contributed by atoms with Gasteiger partial charge in [0.1, 0.15) is 5.78 Å². The molecule has 1 aliphatic rings. The maximum Gasteiger partial charge on any atom is 0.231 e. The van der Waals surface area contributed by atoms with Crippen molar-refractivity contribution in [3.05, 3.63) is 29.3 Å². The Hall–Kier alpha value is -1.64. The topological polar surface area (TPSA) is 46.2 Å². The molecule has 0 atom stereocenters. The minimum atomic E-state index is -0.231. The molecular formula is C15H21NO2. The van der Waals surface area contributed by atoms with E-state index >= 15 is 0 Å². The Balaban J connectivity index is 0.000000771. The fraction of sp³-hybridized carbons (Fsp3) is 0.467. The molecule has 98 valence electrons. The van der Waals surface area contributed by atoms with Gasteiger partial charge >= 0.3 is 0 Å². The average Bonchev–Trinajstić information content (AvgIpc) is 2.77. The molecule has 1 aliphatic carbocycles. The second-order valence-corrected chi connectivity index (χ2v) is 4.26. The summed E-state index contributed by atoms with van der Waals surface area (Å²) >= 11 is 0. The van der Waals surface area contributed by atoms with E-state index in [1.165, 1.54) is 24.5 Å². The fourth-order valence-electron chi connectivity index (χ4n) is 2.08. The van der Waals surface area contributed by atoms with E-state index in [2.05, 4.69) is 11.4 Å². The number of fused-ring (bicyclic) bond motifs is 1. The number of aryl methyl sites for hydroxylation is 2. The zero-order valence-electron chi connectivity index (χ0n) is 11.4. The highest BCUT2D eigenvalue weighted by Gasteiger charge is 2.12. The number of rotatable bonds is 3. The fourth-order valence-corrected chi connectivity index (χ4v) is 2.08. The lowest BCUT2D eigenvalue weighted by atomic mass is 10.1. The highest BCUT2D eigenvalue weighted by molar-refractivity contribution is 6.03. The first-order chi connectivity index (χ1) is 8.65. The summed E-state index contributed by atoms with van der Waals surface area (Å²) in [7, 11) is 0. The molecule has 0 radical (unpaired) electrons. The third kappa shape index (κ3) is 3.99. The van der Waals surface area contributed by atoms with Gasteiger partial charge in [0, 0.05) is 5.69 Å². The molecule has 0 aromatic heterocycles. The van der Waals surface area contributed by atoms with Crippen LogP contribution in [0.15, 0.2) is 18.2 Å². The molecule has 0 bridgehead atoms. The van der Waals surface area contributed by atoms with Crippen molar-refractivity contribution in [2.75, 3.05) is 5.32 Å². The van der Waals surface area contributed by atoms with Crippen molar-refractivity contribution >= 4 is 17.4 Å². The summed E-state index contributed by atoms with van der Waals surface area (Å²) in [5.74, 6) is -0.343. The number of nitrogens with one attached hydrogen (secondary N) is 1. The minimum absolute atomic E-state index is 0.0446. The molecule has 1 aromatic rings. The molecule has 0 fully saturated rings. The van der Waals surface area contributed by atoms with Crippen molar-refractivity contribution < 1.29 is 9.59 Å². The number of anilines is 1. The highest BCUT2D eigenvalue weighted by atomic mass is 16.2. The summed E-state index contributed by atoms with van der Waals surface area (Å²) in [4.78, 5) is 22.2. The van der Waals surface area contributed by atoms with Crippen molar-refractivity contribution in [1.82, 2.24) is 0 Å². The molecule has 3 heteroatoms. The van der Waals surface area contributed by atoms with Crippen LogP contribution in [0.2, 0.25) is 0 Å². The lowest BCUT2D eigenvalue weighted by Gasteiger charge is -2.06. The monoisotopic (exact) mass is 247 g/mol. The van der Waals surface area contributed by atoms with Gasteiger partial charge in [0.05, 0.1) is 6.42 Å². The number of carbonyl (C=O) groups excluding carboxylic acids is 2. The number of carbonyl (C=O) groups is 2. The number of hydrogen-bond acceptors (Lipinski definition) is 2. The Kier molecular flexibility index (Phi) is 5.56. The molecular weight excluding hydrogens is 226 g/mol. The van der Waals surface area contributed by atoms with E-state index in [0.717, 1.165) is 18.5 Å². The van der Waals surface area contributed by atoms with E-state index in [0.29, 0.717) is 0 Å². The smallest absolute Gasteiger partial charge is 0.231 e. The first-order valence-electron chi connectivity index (χ1n) is 6.56. The maximum atomic E-state index is 11.4. The lowest BCUT2D eigenvalue weighted by molar-refractivity contribution is -0.124. The van der Waals surface area contributed by atoms with E-state index in [1.54, 1.807) is 0 Å². The number of amides is 1. The molecule has 3 nitrogen and oxygen atoms in total. The molecule has 0 saturated heterocycles. The summed E-state index contributed by atoms with van der Waals surface area (Å²) in [6, 6.07) is 5.98. The van der Waals surface area contributed by atoms with Crippen molar-refractivity contribution in [3.63, 3.8) is 0 Å². The molecule has 0 aliphatic heterocycles. The SMILES string of the molecule is CC.CC(=O)CC(=O)Nc1ccc2c(c1)CCC2. The van der Waals surface area contributed by atoms with E-state index in [-0.39, 0.29) is 18.1 Å². The summed E-state index contributed by atoms with van der Waals surface area (Å²) < 4.78 is 0. The van der Waals surface area contributed by atoms with Crippen LogP contribution in [0.3, 0.4) is 0 Å². The van der Waals surface area contributed by atoms with Crippen LogP contribution in [0.1, 0.15) is 44.7 Å². The maximum absolute atomic E-state index is 11.4. The van der Waals surface area contributed by atoms with E-state index in [1.807, 2.05) is 26.0 Å². The zero-order valence-corrected chi connectivity index (χ0v) is 11.4. The van der Waals surface area contributed by atoms with E-state index in [9.17, 15) is 9.59 Å². The van der Waals surface area contributed by atoms with Gasteiger partial charge in [0.25, 0.3) is 0 Å². The Bertz CT molecular complexity index is 438. The first kappa shape index (κ1) is 14.4. The van der Waals surface area contributed by atoms with Crippen molar-refractivity contribution in [1.29, 1.82) is 0 Å². The van der Waals surface area contributed by atoms with Crippen LogP contribution in [-0.2, 0) is 22.4 Å². The van der Waals surface area contributed by atoms with Crippen LogP contribution in [0.5, 0.6) is 0 Å². The predicted molar refractivity (Wildman–Crippen MR) is 73.7 cm³/mol. The molecule has 0 heterocycles. The normalized spacial score (nSPS) is 12.2. The van der Waals surface area contributed by atoms with E-state index < -0.39 is 0 Å². The lowest BCUT2D eigenvalue weighted by Crippen LogP contribution is -2.14. The first-order valence-corrected chi connectivity index (χ1v) is 6.56. The van der Waals surface area contributed by atoms with E-state index in [4.69, 9.17) is 0 Å². The standard InChI is InChI=1S/C13H15NO2.C2H6/c1-9(15)7-13(16)14-12-6-5-10-3-2-4-11(10)8-12;1-2/h5-6,8H,2-4,7H2,1H3,(H,14,16);1-2H3. The number of hydrogen-bond donors (Lipinski definition) is 1. The third-order valence-corrected chi connectivity index (χ3v) is 2.79. The average molecular weight is 247 g/mol. The minimum Gasteiger partial charge on any atom is -0.326 e. The van der Waals surface area contributed by atoms with Gasteiger partial charge in [0.2, 0.25) is 5.91 Å². The number of Topliss-reactive ketones (excluding diaryl/α,β-unsaturated/α-hetero) is 1. The molecule has 1 amide bonds. The molecule has 18 heavy (non-hydrogen) atoms. The molecule has 1 N–H and O–H groups in total. The van der Waals surface area contributed by atoms with Crippen LogP contribution >= 0.6 is 0 Å². The Morgan fingerprint density at radius 3 is 2.50 bits per heavy atom. The van der Waals surface area contributed by atoms with Crippen molar-refractivity contribution in [2.45, 2.75) is 46.5 Å². The number of benzene rings is 1. The highest BCUT2D eigenvalue weighted by Crippen LogP contribution is 2.24. The van der Waals surface area contributed by atoms with Gasteiger partial charge in [-0.25, -0.2) is 0 Å². The Morgan fingerprint density at radius 2 is 1.83 bits per heavy atom. The molecule has 2 rings (SSSR count). The Morgan fingerprint density at radius 1 is 1.17 bits per heavy atom. The van der Waals surface area contributed by atoms with Crippen LogP contribution in [0, 0.1) is 0 Å². The summed E-state index contributed by atoms with van der Waals surface area (Å²) in [5.41, 5.74) is 3.50. The van der Waals surface area contributed by atoms with Crippen molar-refractivity contribution in [3.8, 4) is 0 Å². The van der Waals surface area contributed by atoms with Gasteiger partial charge in [-0.05, 0) is 49.4 Å². The van der Waals surface area contributed by atoms with Gasteiger partial charge < -0.3 is 5.32 Å². The molecule has 1 aromatic carbocycles. The van der Waals surface area contributed by atoms with Gasteiger partial charge in [0.15, 0.2) is 0 Å². The van der Waals surface area contributed by atoms with Gasteiger partial charge in [-0.15, -0.1) is 0 Å². The molecule has 0 saturated carbocycles. The molecule has 0 spiro atoms. The quantitative estimate of drug-likeness (QED) is 0.834. The van der Waals surface area contributed by atoms with Crippen LogP contribution in [-0.4, -0.2) is 11.7 Å². The second-order valence-electron chi connectivity index (χ2n) is 4.26. The number of ketones is 1. The summed E-state index contributed by atoms with van der Waals surface area (Å²) in [6.07, 6.45) is 3.38. The largest absolute Gasteiger partial charge is 0.326 e. The predicted octanol–water partition coefficient (Wildman–Crippen LogP) is 3.12. The Labute approximate surface area is 109 Å². The van der Waals surface area contributed by atoms with Crippen molar-refractivity contribution in [2.24, 2.45) is 0 Å². The van der Waals surface area contributed by atoms with Crippen LogP contribution < -0.4 is 5.32 Å². The summed E-state index contributed by atoms with van der Waals surface area (Å²) in [6.45, 7) is 5.42. The third-order valence-electron chi connectivity index (χ3n) is 2.79. The second kappa shape index (κ2) is 6.94. The summed E-state index contributed by atoms with van der Waals surface area (Å²) in [5, 5.41) is 2.74. The van der Waals surface area contributed by atoms with Gasteiger partial charge in [-0.1, -0.05) is 19.9 Å². The molecule has 0 unspecified atom stereocenters.